The van der Waals surface area contributed by atoms with Crippen molar-refractivity contribution in [2.75, 3.05) is 32.2 Å². The maximum atomic E-state index is 16.0. The zero-order valence-electron chi connectivity index (χ0n) is 21.1. The van der Waals surface area contributed by atoms with E-state index >= 15 is 4.39 Å². The van der Waals surface area contributed by atoms with Gasteiger partial charge in [-0.05, 0) is 0 Å². The Morgan fingerprint density at radius 3 is 2.50 bits per heavy atom. The highest BCUT2D eigenvalue weighted by molar-refractivity contribution is 8.44. The topological polar surface area (TPSA) is 268 Å². The van der Waals surface area contributed by atoms with Crippen molar-refractivity contribution < 1.29 is 42.8 Å². The molecular formula is C20H23FN9O10PS. The zero-order chi connectivity index (χ0) is 30.0. The number of hydrogen-bond acceptors (Lipinski definition) is 15. The second-order valence-electron chi connectivity index (χ2n) is 9.55. The molecule has 0 bridgehead atoms. The van der Waals surface area contributed by atoms with Crippen LogP contribution in [0.5, 0.6) is 0 Å². The molecule has 2 fully saturated rings. The summed E-state index contributed by atoms with van der Waals surface area (Å²) in [5.74, 6) is -2.93. The van der Waals surface area contributed by atoms with E-state index in [9.17, 15) is 29.5 Å². The molecule has 22 heteroatoms. The Hall–Kier alpha value is -3.27. The zero-order valence-corrected chi connectivity index (χ0v) is 22.9. The third-order valence-corrected chi connectivity index (χ3v) is 8.67. The van der Waals surface area contributed by atoms with Gasteiger partial charge in [-0.3, -0.25) is 32.8 Å². The van der Waals surface area contributed by atoms with Crippen molar-refractivity contribution in [3.63, 3.8) is 0 Å². The summed E-state index contributed by atoms with van der Waals surface area (Å²) in [6.07, 6.45) is -3.20. The Bertz CT molecular complexity index is 1830. The number of aliphatic hydroxyl groups is 3. The third kappa shape index (κ3) is 4.44. The average Bonchev–Trinajstić information content (AvgIpc) is 3.70. The quantitative estimate of drug-likeness (QED) is 0.0795. The van der Waals surface area contributed by atoms with Gasteiger partial charge in [0.15, 0.2) is 22.3 Å². The van der Waals surface area contributed by atoms with Gasteiger partial charge in [-0.15, -0.1) is 0 Å². The number of nitrogens with one attached hydrogen (secondary N) is 2. The van der Waals surface area contributed by atoms with Crippen LogP contribution in [-0.4, -0.2) is 105 Å². The largest absolute Gasteiger partial charge is 0.394 e. The Morgan fingerprint density at radius 1 is 1.10 bits per heavy atom. The molecule has 0 spiro atoms. The minimum atomic E-state index is -4.56. The lowest BCUT2D eigenvalue weighted by atomic mass is 10.1. The molecule has 2 aliphatic rings. The predicted octanol–water partition coefficient (Wildman–Crippen LogP) is -2.31. The lowest BCUT2D eigenvalue weighted by Gasteiger charge is -2.34. The molecular weight excluding hydrogens is 608 g/mol. The van der Waals surface area contributed by atoms with Gasteiger partial charge in [0, 0.05) is 0 Å². The van der Waals surface area contributed by atoms with Crippen molar-refractivity contribution in [2.45, 2.75) is 35.9 Å². The molecule has 19 nitrogen and oxygen atoms in total. The van der Waals surface area contributed by atoms with E-state index in [2.05, 4.69) is 42.2 Å². The molecule has 0 radical (unpaired) electrons. The van der Waals surface area contributed by atoms with Crippen LogP contribution in [0.4, 0.5) is 10.3 Å². The van der Waals surface area contributed by atoms with Gasteiger partial charge in [0.2, 0.25) is 17.5 Å². The Labute approximate surface area is 237 Å². The number of ether oxygens (including phenoxy) is 2. The maximum absolute atomic E-state index is 16.0. The van der Waals surface area contributed by atoms with Gasteiger partial charge < -0.3 is 35.5 Å². The fourth-order valence-corrected chi connectivity index (χ4v) is 6.59. The number of nitrogen functional groups attached to an aromatic ring is 1. The number of aromatic amines is 2. The van der Waals surface area contributed by atoms with Crippen LogP contribution in [0.3, 0.4) is 0 Å². The number of thiol groups is 1. The average molecular weight is 631 g/mol. The molecule has 7 N–H and O–H groups in total. The highest BCUT2D eigenvalue weighted by Crippen LogP contribution is 2.59. The van der Waals surface area contributed by atoms with Gasteiger partial charge in [0.1, 0.15) is 37.4 Å². The van der Waals surface area contributed by atoms with Crippen LogP contribution in [0.15, 0.2) is 28.6 Å². The number of imidazole rings is 2. The van der Waals surface area contributed by atoms with E-state index in [1.54, 1.807) is 0 Å². The highest BCUT2D eigenvalue weighted by Gasteiger charge is 2.57. The lowest BCUT2D eigenvalue weighted by Crippen LogP contribution is -2.48. The second kappa shape index (κ2) is 10.2. The Morgan fingerprint density at radius 2 is 1.79 bits per heavy atom. The first-order valence-corrected chi connectivity index (χ1v) is 14.8. The van der Waals surface area contributed by atoms with Gasteiger partial charge >= 0.3 is 6.80 Å². The van der Waals surface area contributed by atoms with Gasteiger partial charge in [-0.2, -0.15) is 4.98 Å². The molecule has 0 saturated carbocycles. The van der Waals surface area contributed by atoms with Crippen LogP contribution in [0.1, 0.15) is 0 Å². The van der Waals surface area contributed by atoms with E-state index in [-0.39, 0.29) is 28.3 Å². The predicted molar refractivity (Wildman–Crippen MR) is 140 cm³/mol. The molecule has 4 aromatic heterocycles. The van der Waals surface area contributed by atoms with Crippen molar-refractivity contribution in [3.05, 3.63) is 39.7 Å². The molecule has 0 aromatic carbocycles. The molecule has 0 unspecified atom stereocenters. The second-order valence-corrected chi connectivity index (χ2v) is 12.4. The molecule has 6 heterocycles. The molecule has 0 amide bonds. The number of H-pyrrole nitrogens is 2. The number of alkyl halides is 1. The summed E-state index contributed by atoms with van der Waals surface area (Å²) >= 11 is 3.99. The number of anilines is 1. The first-order chi connectivity index (χ1) is 19.9. The third-order valence-electron chi connectivity index (χ3n) is 7.05. The first kappa shape index (κ1) is 28.8. The standard InChI is InChI=1S/C20H23FN9O10PS/c21-19(29-6-25-10-14(29)23-5-24-16(10)34)3-37-9(12(19)32)2-39-41(36,42)40-20(4-38-8(1-31)13(20)33)30-7-26-11-15(30)27-18(22)28-17(11)35/h5-9,12-13,31-33H,1-4H2,(H,36,42)(H,23,24,34)(H3,22,27,28,35)/t8-,9-,12-,13-,19-,20+,41-/m1/s1. The van der Waals surface area contributed by atoms with Crippen LogP contribution in [0, 0.1) is 0 Å². The van der Waals surface area contributed by atoms with E-state index in [0.29, 0.717) is 0 Å². The summed E-state index contributed by atoms with van der Waals surface area (Å²) < 4.78 is 53.3. The van der Waals surface area contributed by atoms with E-state index in [1.165, 1.54) is 0 Å². The van der Waals surface area contributed by atoms with Gasteiger partial charge in [-0.1, -0.05) is 12.2 Å². The summed E-state index contributed by atoms with van der Waals surface area (Å²) in [4.78, 5) is 44.6. The minimum Gasteiger partial charge on any atom is -0.394 e. The van der Waals surface area contributed by atoms with Gasteiger partial charge in [0.05, 0.1) is 32.5 Å². The van der Waals surface area contributed by atoms with Gasteiger partial charge in [-0.25, -0.2) is 23.9 Å². The molecule has 42 heavy (non-hydrogen) atoms. The fraction of sp³-hybridized carbons (Fsp3) is 0.500. The van der Waals surface area contributed by atoms with E-state index in [0.717, 1.165) is 28.1 Å². The number of fused-ring (bicyclic) bond motifs is 2. The smallest absolute Gasteiger partial charge is 0.388 e. The Kier molecular flexibility index (Phi) is 6.98. The van der Waals surface area contributed by atoms with Crippen LogP contribution in [0.2, 0.25) is 0 Å². The van der Waals surface area contributed by atoms with E-state index < -0.39 is 80.3 Å². The lowest BCUT2D eigenvalue weighted by molar-refractivity contribution is -0.0962. The fourth-order valence-electron chi connectivity index (χ4n) is 4.93. The molecule has 4 aromatic rings. The van der Waals surface area contributed by atoms with Crippen molar-refractivity contribution in [3.8, 4) is 0 Å². The normalized spacial score (nSPS) is 31.3. The summed E-state index contributed by atoms with van der Waals surface area (Å²) in [5, 5.41) is 31.6. The number of aliphatic hydroxyl groups excluding tert-OH is 3. The Balaban J connectivity index is 1.26. The summed E-state index contributed by atoms with van der Waals surface area (Å²) in [6.45, 7) is -7.20. The molecule has 7 atom stereocenters. The number of hydrogen-bond donors (Lipinski definition) is 7. The van der Waals surface area contributed by atoms with Crippen molar-refractivity contribution in [1.29, 1.82) is 0 Å². The van der Waals surface area contributed by atoms with Gasteiger partial charge in [0.25, 0.3) is 11.1 Å². The number of nitrogens with zero attached hydrogens (tertiary/aromatic N) is 6. The SMILES string of the molecule is Nc1nc2c(ncn2[C@]2(O[P@](=O)(S)OC[C@H]3OC[C@@](F)(n4cnc5c(=O)[nH]cnc54)[C@@H]3O)CO[C@H](CO)[C@H]2O)c(=O)[nH]1. The molecule has 6 rings (SSSR count). The number of aromatic nitrogens is 8. The van der Waals surface area contributed by atoms with Crippen LogP contribution >= 0.6 is 19.0 Å². The van der Waals surface area contributed by atoms with Crippen molar-refractivity contribution in [1.82, 2.24) is 39.0 Å². The van der Waals surface area contributed by atoms with Crippen LogP contribution < -0.4 is 16.9 Å². The summed E-state index contributed by atoms with van der Waals surface area (Å²) in [7, 11) is 0. The maximum Gasteiger partial charge on any atom is 0.388 e. The minimum absolute atomic E-state index is 0.148. The number of halogens is 1. The van der Waals surface area contributed by atoms with E-state index in [4.69, 9.17) is 24.3 Å². The number of rotatable bonds is 8. The monoisotopic (exact) mass is 631 g/mol. The molecule has 0 aliphatic carbocycles. The molecule has 2 saturated heterocycles. The van der Waals surface area contributed by atoms with Crippen LogP contribution in [0.25, 0.3) is 22.3 Å². The van der Waals surface area contributed by atoms with Crippen molar-refractivity contribution in [2.24, 2.45) is 0 Å². The van der Waals surface area contributed by atoms with Crippen molar-refractivity contribution >= 4 is 47.3 Å². The molecule has 226 valence electrons. The van der Waals surface area contributed by atoms with Crippen LogP contribution in [-0.2, 0) is 34.6 Å². The summed E-state index contributed by atoms with van der Waals surface area (Å²) in [5.41, 5.74) is 1.49. The van der Waals surface area contributed by atoms with E-state index in [1.807, 2.05) is 0 Å². The highest BCUT2D eigenvalue weighted by atomic mass is 32.7. The molecule has 2 aliphatic heterocycles. The first-order valence-electron chi connectivity index (χ1n) is 12.1. The summed E-state index contributed by atoms with van der Waals surface area (Å²) in [6, 6.07) is 0. The number of nitrogens with two attached hydrogens (primary N) is 1.